The highest BCUT2D eigenvalue weighted by Gasteiger charge is 1.41. The summed E-state index contributed by atoms with van der Waals surface area (Å²) in [4.78, 5) is 0. The molecule has 0 atom stereocenters. The molecule has 0 saturated carbocycles. The molecule has 0 aliphatic heterocycles. The van der Waals surface area contributed by atoms with Crippen molar-refractivity contribution in [2.45, 2.75) is 0 Å². The summed E-state index contributed by atoms with van der Waals surface area (Å²) in [5.41, 5.74) is 0. The molecule has 0 fully saturated rings. The molecule has 0 aromatic rings. The van der Waals surface area contributed by atoms with E-state index >= 15 is 0 Å². The second-order valence-corrected chi connectivity index (χ2v) is 0.909. The highest BCUT2D eigenvalue weighted by molar-refractivity contribution is 6.40. The minimum absolute atomic E-state index is 0. The maximum absolute atomic E-state index is 4.76. The predicted molar refractivity (Wildman–Crippen MR) is 22.3 cm³/mol. The zero-order chi connectivity index (χ0) is 2.71. The Bertz CT molecular complexity index is 6.00. The maximum Gasteiger partial charge on any atom is 0.0967 e. The molecular weight excluding hydrogens is 111 g/mol. The zero-order valence-corrected chi connectivity index (χ0v) is 4.47. The van der Waals surface area contributed by atoms with Crippen molar-refractivity contribution in [2.75, 3.05) is 5.34 Å². The number of halogens is 2. The van der Waals surface area contributed by atoms with Crippen molar-refractivity contribution in [3.8, 4) is 0 Å². The average Bonchev–Trinajstić information content (AvgIpc) is 0.918. The fraction of sp³-hybridized carbons (Fsp3) is 1.00. The van der Waals surface area contributed by atoms with Gasteiger partial charge < -0.3 is 0 Å². The van der Waals surface area contributed by atoms with Gasteiger partial charge in [0.1, 0.15) is 0 Å². The molecule has 3 heteroatoms. The van der Waals surface area contributed by atoms with Crippen LogP contribution in [0.15, 0.2) is 0 Å². The molecule has 0 saturated heterocycles. The van der Waals surface area contributed by atoms with E-state index in [9.17, 15) is 0 Å². The van der Waals surface area contributed by atoms with Crippen molar-refractivity contribution in [3.05, 3.63) is 0 Å². The van der Waals surface area contributed by atoms with Crippen LogP contribution in [0.4, 0.5) is 0 Å². The molecular formula is CH2Cl2Si. The van der Waals surface area contributed by atoms with Gasteiger partial charge in [-0.1, -0.05) is 0 Å². The molecule has 24 valence electrons. The van der Waals surface area contributed by atoms with Gasteiger partial charge in [0.25, 0.3) is 0 Å². The van der Waals surface area contributed by atoms with Crippen LogP contribution in [0.2, 0.25) is 0 Å². The van der Waals surface area contributed by atoms with E-state index in [0.29, 0.717) is 0 Å². The predicted octanol–water partition coefficient (Wildman–Crippen LogP) is 1.04. The molecule has 0 unspecified atom stereocenters. The van der Waals surface area contributed by atoms with Crippen LogP contribution in [0.3, 0.4) is 0 Å². The van der Waals surface area contributed by atoms with E-state index in [2.05, 4.69) is 0 Å². The van der Waals surface area contributed by atoms with Crippen molar-refractivity contribution in [1.82, 2.24) is 0 Å². The van der Waals surface area contributed by atoms with Crippen LogP contribution in [0.25, 0.3) is 0 Å². The molecule has 0 aromatic heterocycles. The molecule has 0 aromatic carbocycles. The van der Waals surface area contributed by atoms with Gasteiger partial charge in [-0.15, -0.1) is 23.2 Å². The van der Waals surface area contributed by atoms with Crippen molar-refractivity contribution < 1.29 is 0 Å². The largest absolute Gasteiger partial charge is 0.109 e. The quantitative estimate of drug-likeness (QED) is 0.325. The van der Waals surface area contributed by atoms with E-state index in [1.807, 2.05) is 0 Å². The van der Waals surface area contributed by atoms with Crippen molar-refractivity contribution in [2.24, 2.45) is 0 Å². The second-order valence-electron chi connectivity index (χ2n) is 0.101. The first-order valence-corrected chi connectivity index (χ1v) is 1.60. The summed E-state index contributed by atoms with van der Waals surface area (Å²) in [7, 11) is 0. The Morgan fingerprint density at radius 1 is 1.25 bits per heavy atom. The van der Waals surface area contributed by atoms with Gasteiger partial charge in [0.15, 0.2) is 0 Å². The third-order valence-electron chi connectivity index (χ3n) is 0. The number of rotatable bonds is 0. The molecule has 0 rings (SSSR count). The molecule has 0 amide bonds. The molecule has 4 heavy (non-hydrogen) atoms. The van der Waals surface area contributed by atoms with Gasteiger partial charge in [0.2, 0.25) is 0 Å². The van der Waals surface area contributed by atoms with E-state index in [4.69, 9.17) is 23.2 Å². The third kappa shape index (κ3) is 14.2. The lowest BCUT2D eigenvalue weighted by Gasteiger charge is -1.42. The standard InChI is InChI=1S/CH2Cl2.Si/c2-1-3;/h1H2;. The fourth-order valence-corrected chi connectivity index (χ4v) is 0. The zero-order valence-electron chi connectivity index (χ0n) is 1.96. The van der Waals surface area contributed by atoms with Crippen molar-refractivity contribution >= 4 is 34.2 Å². The van der Waals surface area contributed by atoms with Crippen LogP contribution in [0, 0.1) is 0 Å². The van der Waals surface area contributed by atoms with E-state index in [-0.39, 0.29) is 16.3 Å². The van der Waals surface area contributed by atoms with Crippen LogP contribution >= 0.6 is 23.2 Å². The molecule has 0 N–H and O–H groups in total. The number of alkyl halides is 2. The average molecular weight is 113 g/mol. The molecule has 4 radical (unpaired) electrons. The second kappa shape index (κ2) is 9.20. The van der Waals surface area contributed by atoms with Gasteiger partial charge in [0, 0.05) is 11.0 Å². The summed E-state index contributed by atoms with van der Waals surface area (Å²) in [6.07, 6.45) is 0. The molecule has 0 spiro atoms. The van der Waals surface area contributed by atoms with Gasteiger partial charge in [-0.2, -0.15) is 0 Å². The van der Waals surface area contributed by atoms with Gasteiger partial charge in [-0.3, -0.25) is 0 Å². The lowest BCUT2D eigenvalue weighted by molar-refractivity contribution is 2.20. The Hall–Kier alpha value is 0.797. The summed E-state index contributed by atoms with van der Waals surface area (Å²) >= 11 is 9.53. The maximum atomic E-state index is 4.76. The Morgan fingerprint density at radius 3 is 1.25 bits per heavy atom. The first kappa shape index (κ1) is 8.84. The molecule has 0 aliphatic carbocycles. The summed E-state index contributed by atoms with van der Waals surface area (Å²) < 4.78 is 0. The van der Waals surface area contributed by atoms with Crippen LogP contribution in [-0.2, 0) is 0 Å². The van der Waals surface area contributed by atoms with Crippen LogP contribution < -0.4 is 0 Å². The topological polar surface area (TPSA) is 0 Å². The Kier molecular flexibility index (Phi) is 20.3. The summed E-state index contributed by atoms with van der Waals surface area (Å²) in [5, 5.41) is 0.194. The Balaban J connectivity index is 0. The summed E-state index contributed by atoms with van der Waals surface area (Å²) in [6, 6.07) is 0. The molecule has 0 heterocycles. The molecule has 0 nitrogen and oxygen atoms in total. The van der Waals surface area contributed by atoms with E-state index in [1.54, 1.807) is 0 Å². The van der Waals surface area contributed by atoms with Crippen molar-refractivity contribution in [1.29, 1.82) is 0 Å². The Morgan fingerprint density at radius 2 is 1.25 bits per heavy atom. The Labute approximate surface area is 40.1 Å². The van der Waals surface area contributed by atoms with Gasteiger partial charge >= 0.3 is 0 Å². The normalized spacial score (nSPS) is 4.50. The molecule has 0 bridgehead atoms. The first-order chi connectivity index (χ1) is 1.41. The number of hydrogen-bond acceptors (Lipinski definition) is 0. The van der Waals surface area contributed by atoms with Crippen LogP contribution in [0.5, 0.6) is 0 Å². The minimum Gasteiger partial charge on any atom is -0.109 e. The lowest BCUT2D eigenvalue weighted by Crippen LogP contribution is -1.24. The SMILES string of the molecule is ClCCl.[Si]. The molecule has 0 aliphatic rings. The highest BCUT2D eigenvalue weighted by atomic mass is 35.5. The minimum atomic E-state index is 0. The van der Waals surface area contributed by atoms with Gasteiger partial charge in [0.05, 0.1) is 5.34 Å². The highest BCUT2D eigenvalue weighted by Crippen LogP contribution is 1.73. The van der Waals surface area contributed by atoms with Crippen LogP contribution in [-0.4, -0.2) is 16.3 Å². The smallest absolute Gasteiger partial charge is 0.0967 e. The monoisotopic (exact) mass is 112 g/mol. The number of hydrogen-bond donors (Lipinski definition) is 0. The third-order valence-corrected chi connectivity index (χ3v) is 0. The van der Waals surface area contributed by atoms with E-state index < -0.39 is 0 Å². The summed E-state index contributed by atoms with van der Waals surface area (Å²) in [6.45, 7) is 0. The fourth-order valence-electron chi connectivity index (χ4n) is 0. The van der Waals surface area contributed by atoms with Crippen molar-refractivity contribution in [3.63, 3.8) is 0 Å². The van der Waals surface area contributed by atoms with Crippen LogP contribution in [0.1, 0.15) is 0 Å². The van der Waals surface area contributed by atoms with Gasteiger partial charge in [-0.05, 0) is 0 Å². The van der Waals surface area contributed by atoms with Gasteiger partial charge in [-0.25, -0.2) is 0 Å². The van der Waals surface area contributed by atoms with E-state index in [1.165, 1.54) is 0 Å². The summed E-state index contributed by atoms with van der Waals surface area (Å²) in [5.74, 6) is 0. The first-order valence-electron chi connectivity index (χ1n) is 0.535. The lowest BCUT2D eigenvalue weighted by atomic mass is 11.9. The van der Waals surface area contributed by atoms with E-state index in [0.717, 1.165) is 0 Å².